The predicted molar refractivity (Wildman–Crippen MR) is 65.4 cm³/mol. The number of ether oxygens (including phenoxy) is 1. The molecule has 0 saturated carbocycles. The molecule has 0 aliphatic carbocycles. The average molecular weight is 251 g/mol. The van der Waals surface area contributed by atoms with E-state index < -0.39 is 5.97 Å². The van der Waals surface area contributed by atoms with Crippen molar-refractivity contribution in [1.82, 2.24) is 4.90 Å². The topological polar surface area (TPSA) is 70.0 Å². The fraction of sp³-hybridized carbons (Fsp3) is 0.462. The van der Waals surface area contributed by atoms with Crippen LogP contribution in [0.1, 0.15) is 17.5 Å². The summed E-state index contributed by atoms with van der Waals surface area (Å²) in [5.74, 6) is 0.0640. The predicted octanol–water partition coefficient (Wildman–Crippen LogP) is 0.848. The van der Waals surface area contributed by atoms with Crippen molar-refractivity contribution in [3.8, 4) is 5.75 Å². The van der Waals surface area contributed by atoms with Gasteiger partial charge in [0.25, 0.3) is 0 Å². The number of benzene rings is 1. The highest BCUT2D eigenvalue weighted by Crippen LogP contribution is 2.26. The van der Waals surface area contributed by atoms with Crippen LogP contribution in [-0.2, 0) is 17.8 Å². The quantitative estimate of drug-likeness (QED) is 0.811. The molecule has 0 bridgehead atoms. The Bertz CT molecular complexity index is 433. The number of carboxylic acid groups (broad SMARTS) is 1. The number of aryl methyl sites for hydroxylation is 1. The lowest BCUT2D eigenvalue weighted by Gasteiger charge is -2.28. The number of aliphatic hydroxyl groups is 1. The molecular formula is C13H17NO4. The zero-order valence-corrected chi connectivity index (χ0v) is 10.1. The van der Waals surface area contributed by atoms with E-state index in [0.29, 0.717) is 19.7 Å². The third kappa shape index (κ3) is 3.21. The van der Waals surface area contributed by atoms with Gasteiger partial charge in [0.05, 0.1) is 6.61 Å². The lowest BCUT2D eigenvalue weighted by Crippen LogP contribution is -2.34. The Morgan fingerprint density at radius 2 is 2.28 bits per heavy atom. The number of aliphatic hydroxyl groups excluding tert-OH is 1. The van der Waals surface area contributed by atoms with Gasteiger partial charge in [-0.1, -0.05) is 12.1 Å². The van der Waals surface area contributed by atoms with Crippen LogP contribution in [0.5, 0.6) is 5.75 Å². The van der Waals surface area contributed by atoms with Crippen molar-refractivity contribution in [2.24, 2.45) is 0 Å². The maximum Gasteiger partial charge on any atom is 0.303 e. The molecule has 98 valence electrons. The summed E-state index contributed by atoms with van der Waals surface area (Å²) in [5.41, 5.74) is 2.06. The Morgan fingerprint density at radius 1 is 1.44 bits per heavy atom. The lowest BCUT2D eigenvalue weighted by atomic mass is 10.0. The largest absolute Gasteiger partial charge is 0.481 e. The number of nitrogens with zero attached hydrogens (tertiary/aromatic N) is 1. The summed E-state index contributed by atoms with van der Waals surface area (Å²) in [7, 11) is 0. The SMILES string of the molecule is O=C(O)CCc1ccc2c(c1)CN(CCO)CO2. The van der Waals surface area contributed by atoms with Crippen molar-refractivity contribution < 1.29 is 19.7 Å². The van der Waals surface area contributed by atoms with E-state index in [-0.39, 0.29) is 13.0 Å². The van der Waals surface area contributed by atoms with Gasteiger partial charge in [-0.05, 0) is 18.1 Å². The minimum absolute atomic E-state index is 0.109. The van der Waals surface area contributed by atoms with Gasteiger partial charge >= 0.3 is 5.97 Å². The summed E-state index contributed by atoms with van der Waals surface area (Å²) in [4.78, 5) is 12.5. The summed E-state index contributed by atoms with van der Waals surface area (Å²) in [6.45, 7) is 1.91. The van der Waals surface area contributed by atoms with Gasteiger partial charge in [-0.2, -0.15) is 0 Å². The summed E-state index contributed by atoms with van der Waals surface area (Å²) in [6, 6.07) is 5.79. The van der Waals surface area contributed by atoms with E-state index in [4.69, 9.17) is 14.9 Å². The first kappa shape index (κ1) is 12.9. The molecule has 0 atom stereocenters. The van der Waals surface area contributed by atoms with Gasteiger partial charge in [0.15, 0.2) is 0 Å². The first-order chi connectivity index (χ1) is 8.69. The normalized spacial score (nSPS) is 14.9. The summed E-state index contributed by atoms with van der Waals surface area (Å²) >= 11 is 0. The van der Waals surface area contributed by atoms with Gasteiger partial charge in [0, 0.05) is 25.1 Å². The second kappa shape index (κ2) is 5.84. The average Bonchev–Trinajstić information content (AvgIpc) is 2.36. The maximum absolute atomic E-state index is 10.5. The summed E-state index contributed by atoms with van der Waals surface area (Å²) in [5, 5.41) is 17.6. The number of fused-ring (bicyclic) bond motifs is 1. The molecule has 0 radical (unpaired) electrons. The molecule has 2 N–H and O–H groups in total. The third-order valence-electron chi connectivity index (χ3n) is 2.97. The van der Waals surface area contributed by atoms with Crippen LogP contribution < -0.4 is 4.74 Å². The molecular weight excluding hydrogens is 234 g/mol. The number of β-amino-alcohol motifs (C(OH)–C–C–N with tert-alkyl or cyclic N) is 1. The first-order valence-electron chi connectivity index (χ1n) is 5.98. The zero-order valence-electron chi connectivity index (χ0n) is 10.1. The molecule has 0 amide bonds. The van der Waals surface area contributed by atoms with E-state index in [1.54, 1.807) is 0 Å². The third-order valence-corrected chi connectivity index (χ3v) is 2.97. The minimum atomic E-state index is -0.786. The molecule has 1 aliphatic rings. The van der Waals surface area contributed by atoms with Gasteiger partial charge < -0.3 is 14.9 Å². The van der Waals surface area contributed by atoms with Crippen LogP contribution in [-0.4, -0.2) is 41.0 Å². The number of rotatable bonds is 5. The van der Waals surface area contributed by atoms with E-state index in [9.17, 15) is 4.79 Å². The van der Waals surface area contributed by atoms with Crippen LogP contribution in [0.2, 0.25) is 0 Å². The molecule has 1 heterocycles. The number of hydrogen-bond acceptors (Lipinski definition) is 4. The molecule has 0 saturated heterocycles. The Balaban J connectivity index is 2.05. The van der Waals surface area contributed by atoms with Gasteiger partial charge in [-0.25, -0.2) is 0 Å². The van der Waals surface area contributed by atoms with Crippen LogP contribution in [0.15, 0.2) is 18.2 Å². The maximum atomic E-state index is 10.5. The van der Waals surface area contributed by atoms with Crippen molar-refractivity contribution in [1.29, 1.82) is 0 Å². The van der Waals surface area contributed by atoms with Gasteiger partial charge in [-0.3, -0.25) is 9.69 Å². The number of hydrogen-bond donors (Lipinski definition) is 2. The molecule has 5 nitrogen and oxygen atoms in total. The number of aliphatic carboxylic acids is 1. The fourth-order valence-corrected chi connectivity index (χ4v) is 2.04. The Morgan fingerprint density at radius 3 is 3.00 bits per heavy atom. The van der Waals surface area contributed by atoms with Crippen LogP contribution in [0.25, 0.3) is 0 Å². The molecule has 2 rings (SSSR count). The lowest BCUT2D eigenvalue weighted by molar-refractivity contribution is -0.136. The highest BCUT2D eigenvalue weighted by atomic mass is 16.5. The van der Waals surface area contributed by atoms with E-state index in [0.717, 1.165) is 23.4 Å². The molecule has 1 aliphatic heterocycles. The molecule has 0 aromatic heterocycles. The number of carbonyl (C=O) groups is 1. The van der Waals surface area contributed by atoms with Gasteiger partial charge in [0.1, 0.15) is 12.5 Å². The van der Waals surface area contributed by atoms with Crippen LogP contribution in [0, 0.1) is 0 Å². The van der Waals surface area contributed by atoms with Crippen molar-refractivity contribution in [2.75, 3.05) is 19.9 Å². The second-order valence-electron chi connectivity index (χ2n) is 4.39. The standard InChI is InChI=1S/C13H17NO4/c15-6-5-14-8-11-7-10(2-4-13(16)17)1-3-12(11)18-9-14/h1,3,7,15H,2,4-6,8-9H2,(H,16,17). The van der Waals surface area contributed by atoms with Crippen LogP contribution in [0.3, 0.4) is 0 Å². The highest BCUT2D eigenvalue weighted by Gasteiger charge is 2.17. The second-order valence-corrected chi connectivity index (χ2v) is 4.39. The monoisotopic (exact) mass is 251 g/mol. The molecule has 0 fully saturated rings. The molecule has 0 spiro atoms. The van der Waals surface area contributed by atoms with Gasteiger partial charge in [-0.15, -0.1) is 0 Å². The molecule has 18 heavy (non-hydrogen) atoms. The van der Waals surface area contributed by atoms with Gasteiger partial charge in [0.2, 0.25) is 0 Å². The highest BCUT2D eigenvalue weighted by molar-refractivity contribution is 5.67. The minimum Gasteiger partial charge on any atom is -0.481 e. The molecule has 0 unspecified atom stereocenters. The Labute approximate surface area is 106 Å². The zero-order chi connectivity index (χ0) is 13.0. The fourth-order valence-electron chi connectivity index (χ4n) is 2.04. The molecule has 5 heteroatoms. The molecule has 1 aromatic carbocycles. The van der Waals surface area contributed by atoms with Crippen LogP contribution in [0.4, 0.5) is 0 Å². The first-order valence-corrected chi connectivity index (χ1v) is 5.98. The van der Waals surface area contributed by atoms with Crippen molar-refractivity contribution in [2.45, 2.75) is 19.4 Å². The summed E-state index contributed by atoms with van der Waals surface area (Å²) < 4.78 is 5.57. The van der Waals surface area contributed by atoms with Crippen LogP contribution >= 0.6 is 0 Å². The van der Waals surface area contributed by atoms with Crippen molar-refractivity contribution in [3.05, 3.63) is 29.3 Å². The van der Waals surface area contributed by atoms with E-state index >= 15 is 0 Å². The van der Waals surface area contributed by atoms with Crippen molar-refractivity contribution >= 4 is 5.97 Å². The Kier molecular flexibility index (Phi) is 4.17. The summed E-state index contributed by atoms with van der Waals surface area (Å²) in [6.07, 6.45) is 0.669. The van der Waals surface area contributed by atoms with E-state index in [1.807, 2.05) is 23.1 Å². The van der Waals surface area contributed by atoms with Crippen molar-refractivity contribution in [3.63, 3.8) is 0 Å². The smallest absolute Gasteiger partial charge is 0.303 e. The van der Waals surface area contributed by atoms with E-state index in [1.165, 1.54) is 0 Å². The Hall–Kier alpha value is -1.59. The number of carboxylic acids is 1. The van der Waals surface area contributed by atoms with E-state index in [2.05, 4.69) is 0 Å². The molecule has 1 aromatic rings.